The predicted octanol–water partition coefficient (Wildman–Crippen LogP) is 2.27. The minimum Gasteiger partial charge on any atom is -0.484 e. The van der Waals surface area contributed by atoms with Crippen LogP contribution in [0.5, 0.6) is 5.75 Å². The van der Waals surface area contributed by atoms with E-state index in [0.29, 0.717) is 25.4 Å². The number of furan rings is 1. The summed E-state index contributed by atoms with van der Waals surface area (Å²) >= 11 is 0. The molecular formula is C19H25ClN2O4. The summed E-state index contributed by atoms with van der Waals surface area (Å²) in [5.41, 5.74) is 1.02. The standard InChI is InChI=1S/C19H24N2O4.ClH/c1-15-5-2-3-6-17(15)25-14-19(23)21-10-8-20(9-11-21)13-16(22)18-7-4-12-24-18;/h2-7,12,16,22H,8-11,13-14H2,1H3;1H. The normalized spacial score (nSPS) is 16.0. The average Bonchev–Trinajstić information content (AvgIpc) is 3.16. The number of rotatable bonds is 6. The highest BCUT2D eigenvalue weighted by molar-refractivity contribution is 5.85. The molecule has 0 radical (unpaired) electrons. The number of aryl methyl sites for hydroxylation is 1. The number of carbonyl (C=O) groups is 1. The number of β-amino-alcohol motifs (C(OH)–C–C–N with tert-alkyl or cyclic N) is 1. The van der Waals surface area contributed by atoms with Gasteiger partial charge in [0.2, 0.25) is 0 Å². The highest BCUT2D eigenvalue weighted by atomic mass is 35.5. The van der Waals surface area contributed by atoms with Gasteiger partial charge in [0, 0.05) is 32.7 Å². The first-order valence-electron chi connectivity index (χ1n) is 8.53. The maximum absolute atomic E-state index is 12.3. The van der Waals surface area contributed by atoms with Gasteiger partial charge in [-0.05, 0) is 30.7 Å². The molecule has 1 N–H and O–H groups in total. The van der Waals surface area contributed by atoms with E-state index in [1.807, 2.05) is 36.1 Å². The molecule has 3 rings (SSSR count). The molecule has 1 saturated heterocycles. The summed E-state index contributed by atoms with van der Waals surface area (Å²) in [6.45, 7) is 5.27. The quantitative estimate of drug-likeness (QED) is 0.832. The Hall–Kier alpha value is -2.02. The number of hydrogen-bond acceptors (Lipinski definition) is 5. The van der Waals surface area contributed by atoms with Crippen molar-refractivity contribution in [1.82, 2.24) is 9.80 Å². The van der Waals surface area contributed by atoms with Gasteiger partial charge >= 0.3 is 0 Å². The van der Waals surface area contributed by atoms with E-state index in [1.165, 1.54) is 0 Å². The van der Waals surface area contributed by atoms with Crippen LogP contribution in [-0.2, 0) is 4.79 Å². The molecule has 26 heavy (non-hydrogen) atoms. The fourth-order valence-corrected chi connectivity index (χ4v) is 2.94. The Kier molecular flexibility index (Phi) is 7.50. The largest absolute Gasteiger partial charge is 0.484 e. The third-order valence-corrected chi connectivity index (χ3v) is 4.47. The van der Waals surface area contributed by atoms with Crippen molar-refractivity contribution in [3.8, 4) is 5.75 Å². The van der Waals surface area contributed by atoms with E-state index in [0.717, 1.165) is 24.4 Å². The van der Waals surface area contributed by atoms with Crippen LogP contribution in [0.15, 0.2) is 47.1 Å². The molecule has 142 valence electrons. The number of aliphatic hydroxyl groups excluding tert-OH is 1. The molecule has 6 nitrogen and oxygen atoms in total. The lowest BCUT2D eigenvalue weighted by atomic mass is 10.2. The number of amides is 1. The molecule has 2 aromatic rings. The van der Waals surface area contributed by atoms with E-state index in [2.05, 4.69) is 4.90 Å². The maximum atomic E-state index is 12.3. The number of hydrogen-bond donors (Lipinski definition) is 1. The van der Waals surface area contributed by atoms with Crippen molar-refractivity contribution in [3.63, 3.8) is 0 Å². The molecule has 1 fully saturated rings. The summed E-state index contributed by atoms with van der Waals surface area (Å²) in [7, 11) is 0. The number of piperazine rings is 1. The highest BCUT2D eigenvalue weighted by Gasteiger charge is 2.24. The molecule has 2 heterocycles. The number of para-hydroxylation sites is 1. The van der Waals surface area contributed by atoms with Crippen molar-refractivity contribution in [1.29, 1.82) is 0 Å². The zero-order valence-electron chi connectivity index (χ0n) is 14.8. The van der Waals surface area contributed by atoms with Gasteiger partial charge in [-0.15, -0.1) is 12.4 Å². The van der Waals surface area contributed by atoms with Crippen molar-refractivity contribution in [2.75, 3.05) is 39.3 Å². The molecule has 1 amide bonds. The lowest BCUT2D eigenvalue weighted by molar-refractivity contribution is -0.135. The number of halogens is 1. The molecule has 1 aromatic heterocycles. The fourth-order valence-electron chi connectivity index (χ4n) is 2.94. The van der Waals surface area contributed by atoms with Gasteiger partial charge in [0.15, 0.2) is 6.61 Å². The molecule has 0 aliphatic carbocycles. The second-order valence-electron chi connectivity index (χ2n) is 6.27. The summed E-state index contributed by atoms with van der Waals surface area (Å²) in [6, 6.07) is 11.2. The lowest BCUT2D eigenvalue weighted by Crippen LogP contribution is -2.50. The van der Waals surface area contributed by atoms with E-state index >= 15 is 0 Å². The van der Waals surface area contributed by atoms with Crippen molar-refractivity contribution < 1.29 is 19.1 Å². The van der Waals surface area contributed by atoms with Crippen LogP contribution in [-0.4, -0.2) is 60.1 Å². The summed E-state index contributed by atoms with van der Waals surface area (Å²) in [5, 5.41) is 10.1. The van der Waals surface area contributed by atoms with E-state index in [4.69, 9.17) is 9.15 Å². The first-order valence-corrected chi connectivity index (χ1v) is 8.53. The monoisotopic (exact) mass is 380 g/mol. The third kappa shape index (κ3) is 5.24. The Morgan fingerprint density at radius 3 is 2.58 bits per heavy atom. The molecule has 0 spiro atoms. The van der Waals surface area contributed by atoms with Gasteiger partial charge < -0.3 is 19.2 Å². The number of benzene rings is 1. The van der Waals surface area contributed by atoms with E-state index in [-0.39, 0.29) is 24.9 Å². The first-order chi connectivity index (χ1) is 12.1. The minimum atomic E-state index is -0.637. The highest BCUT2D eigenvalue weighted by Crippen LogP contribution is 2.17. The third-order valence-electron chi connectivity index (χ3n) is 4.47. The Morgan fingerprint density at radius 2 is 1.92 bits per heavy atom. The van der Waals surface area contributed by atoms with Crippen molar-refractivity contribution in [2.24, 2.45) is 0 Å². The van der Waals surface area contributed by atoms with Crippen LogP contribution in [0.2, 0.25) is 0 Å². The van der Waals surface area contributed by atoms with E-state index in [9.17, 15) is 9.90 Å². The number of nitrogens with zero attached hydrogens (tertiary/aromatic N) is 2. The second kappa shape index (κ2) is 9.62. The van der Waals surface area contributed by atoms with Crippen LogP contribution >= 0.6 is 12.4 Å². The Morgan fingerprint density at radius 1 is 1.19 bits per heavy atom. The van der Waals surface area contributed by atoms with Gasteiger partial charge in [0.1, 0.15) is 17.6 Å². The molecule has 1 unspecified atom stereocenters. The molecule has 7 heteroatoms. The van der Waals surface area contributed by atoms with Crippen molar-refractivity contribution in [2.45, 2.75) is 13.0 Å². The lowest BCUT2D eigenvalue weighted by Gasteiger charge is -2.35. The zero-order chi connectivity index (χ0) is 17.6. The van der Waals surface area contributed by atoms with Crippen LogP contribution in [0.3, 0.4) is 0 Å². The Bertz CT molecular complexity index is 685. The summed E-state index contributed by atoms with van der Waals surface area (Å²) in [6.07, 6.45) is 0.922. The van der Waals surface area contributed by atoms with E-state index in [1.54, 1.807) is 18.4 Å². The number of aliphatic hydroxyl groups is 1. The minimum absolute atomic E-state index is 0. The van der Waals surface area contributed by atoms with Crippen LogP contribution in [0.4, 0.5) is 0 Å². The Balaban J connectivity index is 0.00000243. The van der Waals surface area contributed by atoms with Crippen molar-refractivity contribution >= 4 is 18.3 Å². The summed E-state index contributed by atoms with van der Waals surface area (Å²) in [4.78, 5) is 16.3. The molecule has 1 aromatic carbocycles. The van der Waals surface area contributed by atoms with Gasteiger partial charge in [-0.2, -0.15) is 0 Å². The fraction of sp³-hybridized carbons (Fsp3) is 0.421. The smallest absolute Gasteiger partial charge is 0.260 e. The first kappa shape index (κ1) is 20.3. The Labute approximate surface area is 159 Å². The van der Waals surface area contributed by atoms with Crippen LogP contribution in [0, 0.1) is 6.92 Å². The van der Waals surface area contributed by atoms with Gasteiger partial charge in [-0.1, -0.05) is 18.2 Å². The topological polar surface area (TPSA) is 66.2 Å². The van der Waals surface area contributed by atoms with Gasteiger partial charge in [0.05, 0.1) is 6.26 Å². The average molecular weight is 381 g/mol. The maximum Gasteiger partial charge on any atom is 0.260 e. The SMILES string of the molecule is Cc1ccccc1OCC(=O)N1CCN(CC(O)c2ccco2)CC1.Cl. The molecule has 1 aliphatic heterocycles. The van der Waals surface area contributed by atoms with E-state index < -0.39 is 6.10 Å². The van der Waals surface area contributed by atoms with Crippen LogP contribution in [0.1, 0.15) is 17.4 Å². The second-order valence-corrected chi connectivity index (χ2v) is 6.27. The van der Waals surface area contributed by atoms with Crippen LogP contribution in [0.25, 0.3) is 0 Å². The molecular weight excluding hydrogens is 356 g/mol. The van der Waals surface area contributed by atoms with Gasteiger partial charge in [-0.3, -0.25) is 9.69 Å². The molecule has 0 bridgehead atoms. The molecule has 1 aliphatic rings. The van der Waals surface area contributed by atoms with Gasteiger partial charge in [0.25, 0.3) is 5.91 Å². The van der Waals surface area contributed by atoms with Crippen molar-refractivity contribution in [3.05, 3.63) is 54.0 Å². The number of ether oxygens (including phenoxy) is 1. The summed E-state index contributed by atoms with van der Waals surface area (Å²) in [5.74, 6) is 1.32. The number of carbonyl (C=O) groups excluding carboxylic acids is 1. The summed E-state index contributed by atoms with van der Waals surface area (Å²) < 4.78 is 10.9. The molecule has 1 atom stereocenters. The predicted molar refractivity (Wildman–Crippen MR) is 101 cm³/mol. The zero-order valence-corrected chi connectivity index (χ0v) is 15.7. The molecule has 0 saturated carbocycles. The van der Waals surface area contributed by atoms with Crippen LogP contribution < -0.4 is 4.74 Å². The van der Waals surface area contributed by atoms with Gasteiger partial charge in [-0.25, -0.2) is 0 Å².